The molecular formula is C18H17FN2O2S2. The Kier molecular flexibility index (Phi) is 4.87. The highest BCUT2D eigenvalue weighted by Crippen LogP contribution is 2.27. The average molecular weight is 376 g/mol. The maximum atomic E-state index is 12.9. The molecule has 1 N–H and O–H groups in total. The molecule has 0 fully saturated rings. The number of halogens is 1. The topological polar surface area (TPSA) is 59.1 Å². The second-order valence-electron chi connectivity index (χ2n) is 5.87. The van der Waals surface area contributed by atoms with E-state index in [1.807, 2.05) is 24.3 Å². The van der Waals surface area contributed by atoms with Crippen LogP contribution in [-0.4, -0.2) is 13.4 Å². The quantitative estimate of drug-likeness (QED) is 0.691. The normalized spacial score (nSPS) is 11.7. The van der Waals surface area contributed by atoms with Crippen LogP contribution < -0.4 is 4.72 Å². The number of nitrogens with zero attached hydrogens (tertiary/aromatic N) is 1. The number of benzene rings is 2. The summed E-state index contributed by atoms with van der Waals surface area (Å²) in [5.41, 5.74) is 2.86. The Morgan fingerprint density at radius 1 is 1.04 bits per heavy atom. The number of anilines is 1. The highest BCUT2D eigenvalue weighted by atomic mass is 32.2. The van der Waals surface area contributed by atoms with Crippen molar-refractivity contribution in [1.29, 1.82) is 0 Å². The second kappa shape index (κ2) is 6.93. The standard InChI is InChI=1S/C18H17FN2O2S2/c1-12(2)13-3-5-14(6-4-13)17-11-24-18(20-17)21-25(22,23)16-9-7-15(19)8-10-16/h3-12H,1-2H3,(H,20,21). The molecule has 0 atom stereocenters. The molecule has 3 aromatic rings. The lowest BCUT2D eigenvalue weighted by Crippen LogP contribution is -2.12. The number of thiazole rings is 1. The maximum absolute atomic E-state index is 12.9. The van der Waals surface area contributed by atoms with Gasteiger partial charge in [-0.25, -0.2) is 17.8 Å². The van der Waals surface area contributed by atoms with Gasteiger partial charge in [-0.15, -0.1) is 11.3 Å². The minimum Gasteiger partial charge on any atom is -0.255 e. The van der Waals surface area contributed by atoms with Crippen LogP contribution in [0.1, 0.15) is 25.3 Å². The Bertz CT molecular complexity index is 963. The van der Waals surface area contributed by atoms with E-state index in [0.717, 1.165) is 17.7 Å². The van der Waals surface area contributed by atoms with Crippen molar-refractivity contribution in [2.75, 3.05) is 4.72 Å². The molecule has 3 rings (SSSR count). The molecule has 0 aliphatic rings. The van der Waals surface area contributed by atoms with Crippen LogP contribution in [0.2, 0.25) is 0 Å². The van der Waals surface area contributed by atoms with Gasteiger partial charge in [0.15, 0.2) is 5.13 Å². The largest absolute Gasteiger partial charge is 0.263 e. The first-order valence-electron chi connectivity index (χ1n) is 7.69. The van der Waals surface area contributed by atoms with E-state index in [9.17, 15) is 12.8 Å². The monoisotopic (exact) mass is 376 g/mol. The highest BCUT2D eigenvalue weighted by Gasteiger charge is 2.16. The van der Waals surface area contributed by atoms with E-state index in [-0.39, 0.29) is 10.0 Å². The highest BCUT2D eigenvalue weighted by molar-refractivity contribution is 7.93. The number of hydrogen-bond acceptors (Lipinski definition) is 4. The molecule has 7 heteroatoms. The van der Waals surface area contributed by atoms with Gasteiger partial charge in [-0.05, 0) is 35.7 Å². The van der Waals surface area contributed by atoms with Gasteiger partial charge in [0.05, 0.1) is 10.6 Å². The zero-order valence-corrected chi connectivity index (χ0v) is 15.4. The molecule has 0 amide bonds. The fraction of sp³-hybridized carbons (Fsp3) is 0.167. The van der Waals surface area contributed by atoms with Gasteiger partial charge in [-0.2, -0.15) is 0 Å². The molecule has 0 saturated heterocycles. The lowest BCUT2D eigenvalue weighted by atomic mass is 10.0. The van der Waals surface area contributed by atoms with Crippen molar-refractivity contribution >= 4 is 26.5 Å². The number of hydrogen-bond donors (Lipinski definition) is 1. The van der Waals surface area contributed by atoms with Crippen molar-refractivity contribution in [3.05, 3.63) is 65.3 Å². The summed E-state index contributed by atoms with van der Waals surface area (Å²) in [5.74, 6) is -0.0390. The lowest BCUT2D eigenvalue weighted by Gasteiger charge is -2.06. The van der Waals surface area contributed by atoms with E-state index in [2.05, 4.69) is 23.6 Å². The second-order valence-corrected chi connectivity index (χ2v) is 8.41. The van der Waals surface area contributed by atoms with Crippen molar-refractivity contribution < 1.29 is 12.8 Å². The third kappa shape index (κ3) is 4.05. The van der Waals surface area contributed by atoms with Crippen molar-refractivity contribution in [3.63, 3.8) is 0 Å². The minimum absolute atomic E-state index is 0.00747. The van der Waals surface area contributed by atoms with Crippen molar-refractivity contribution in [2.45, 2.75) is 24.7 Å². The molecule has 25 heavy (non-hydrogen) atoms. The Hall–Kier alpha value is -2.25. The van der Waals surface area contributed by atoms with E-state index >= 15 is 0 Å². The van der Waals surface area contributed by atoms with Crippen LogP contribution in [0, 0.1) is 5.82 Å². The summed E-state index contributed by atoms with van der Waals surface area (Å²) in [6.07, 6.45) is 0. The molecule has 130 valence electrons. The third-order valence-electron chi connectivity index (χ3n) is 3.72. The summed E-state index contributed by atoms with van der Waals surface area (Å²) in [6.45, 7) is 4.25. The van der Waals surface area contributed by atoms with Crippen molar-refractivity contribution in [3.8, 4) is 11.3 Å². The predicted molar refractivity (Wildman–Crippen MR) is 98.8 cm³/mol. The zero-order chi connectivity index (χ0) is 18.0. The molecule has 0 radical (unpaired) electrons. The van der Waals surface area contributed by atoms with Gasteiger partial charge in [0.1, 0.15) is 5.82 Å². The zero-order valence-electron chi connectivity index (χ0n) is 13.7. The Balaban J connectivity index is 1.80. The van der Waals surface area contributed by atoms with Gasteiger partial charge in [0.25, 0.3) is 10.0 Å². The molecule has 0 unspecified atom stereocenters. The first kappa shape index (κ1) is 17.6. The SMILES string of the molecule is CC(C)c1ccc(-c2csc(NS(=O)(=O)c3ccc(F)cc3)n2)cc1. The molecule has 0 aliphatic heterocycles. The molecule has 0 aliphatic carbocycles. The predicted octanol–water partition coefficient (Wildman–Crippen LogP) is 4.87. The van der Waals surface area contributed by atoms with Gasteiger partial charge in [0, 0.05) is 10.9 Å². The van der Waals surface area contributed by atoms with E-state index < -0.39 is 15.8 Å². The van der Waals surface area contributed by atoms with Gasteiger partial charge in [-0.1, -0.05) is 38.1 Å². The van der Waals surface area contributed by atoms with Crippen LogP contribution in [0.25, 0.3) is 11.3 Å². The minimum atomic E-state index is -3.79. The summed E-state index contributed by atoms with van der Waals surface area (Å²) in [6, 6.07) is 12.7. The number of aromatic nitrogens is 1. The first-order chi connectivity index (χ1) is 11.8. The Morgan fingerprint density at radius 3 is 2.28 bits per heavy atom. The van der Waals surface area contributed by atoms with Crippen LogP contribution in [0.3, 0.4) is 0 Å². The van der Waals surface area contributed by atoms with Crippen LogP contribution in [-0.2, 0) is 10.0 Å². The number of sulfonamides is 1. The van der Waals surface area contributed by atoms with Gasteiger partial charge < -0.3 is 0 Å². The summed E-state index contributed by atoms with van der Waals surface area (Å²) >= 11 is 1.20. The molecule has 4 nitrogen and oxygen atoms in total. The summed E-state index contributed by atoms with van der Waals surface area (Å²) in [7, 11) is -3.79. The maximum Gasteiger partial charge on any atom is 0.263 e. The van der Waals surface area contributed by atoms with Crippen LogP contribution in [0.15, 0.2) is 58.8 Å². The van der Waals surface area contributed by atoms with Gasteiger partial charge in [-0.3, -0.25) is 4.72 Å². The lowest BCUT2D eigenvalue weighted by molar-refractivity contribution is 0.599. The fourth-order valence-corrected chi connectivity index (χ4v) is 4.25. The average Bonchev–Trinajstić information content (AvgIpc) is 3.03. The van der Waals surface area contributed by atoms with Crippen LogP contribution >= 0.6 is 11.3 Å². The molecule has 1 aromatic heterocycles. The molecule has 1 heterocycles. The summed E-state index contributed by atoms with van der Waals surface area (Å²) < 4.78 is 40.0. The van der Waals surface area contributed by atoms with E-state index in [1.54, 1.807) is 5.38 Å². The molecule has 0 spiro atoms. The van der Waals surface area contributed by atoms with Crippen molar-refractivity contribution in [2.24, 2.45) is 0 Å². The fourth-order valence-electron chi connectivity index (χ4n) is 2.28. The smallest absolute Gasteiger partial charge is 0.255 e. The third-order valence-corrected chi connectivity index (χ3v) is 5.96. The van der Waals surface area contributed by atoms with Crippen molar-refractivity contribution in [1.82, 2.24) is 4.98 Å². The van der Waals surface area contributed by atoms with Gasteiger partial charge >= 0.3 is 0 Å². The Morgan fingerprint density at radius 2 is 1.68 bits per heavy atom. The van der Waals surface area contributed by atoms with Gasteiger partial charge in [0.2, 0.25) is 0 Å². The molecule has 0 bridgehead atoms. The molecular weight excluding hydrogens is 359 g/mol. The van der Waals surface area contributed by atoms with E-state index in [1.165, 1.54) is 29.0 Å². The first-order valence-corrected chi connectivity index (χ1v) is 10.1. The van der Waals surface area contributed by atoms with Crippen LogP contribution in [0.5, 0.6) is 0 Å². The summed E-state index contributed by atoms with van der Waals surface area (Å²) in [4.78, 5) is 4.33. The van der Waals surface area contributed by atoms with E-state index in [4.69, 9.17) is 0 Å². The Labute approximate surface area is 150 Å². The number of nitrogens with one attached hydrogen (secondary N) is 1. The molecule has 2 aromatic carbocycles. The molecule has 0 saturated carbocycles. The number of rotatable bonds is 5. The summed E-state index contributed by atoms with van der Waals surface area (Å²) in [5, 5.41) is 2.07. The van der Waals surface area contributed by atoms with Crippen LogP contribution in [0.4, 0.5) is 9.52 Å². The van der Waals surface area contributed by atoms with E-state index in [0.29, 0.717) is 11.6 Å².